The molecule has 6 nitrogen and oxygen atoms in total. The first-order valence-corrected chi connectivity index (χ1v) is 3.31. The van der Waals surface area contributed by atoms with Crippen LogP contribution in [0, 0.1) is 0 Å². The van der Waals surface area contributed by atoms with Crippen LogP contribution in [0.15, 0.2) is 4.99 Å². The fourth-order valence-electron chi connectivity index (χ4n) is 1.17. The molecule has 0 aromatic carbocycles. The number of nitrogens with zero attached hydrogens (tertiary/aromatic N) is 1. The van der Waals surface area contributed by atoms with E-state index in [0.29, 0.717) is 12.5 Å². The molecular formula is C5H8N4O2. The number of urea groups is 1. The molecule has 1 fully saturated rings. The second kappa shape index (κ2) is 2.18. The SMILES string of the molecule is O=C1NC2=NCNC2C(O)N1. The summed E-state index contributed by atoms with van der Waals surface area (Å²) in [6.45, 7) is 0.443. The van der Waals surface area contributed by atoms with Gasteiger partial charge in [-0.05, 0) is 0 Å². The van der Waals surface area contributed by atoms with Gasteiger partial charge >= 0.3 is 6.03 Å². The number of nitrogens with one attached hydrogen (secondary N) is 3. The number of carbonyl (C=O) groups excluding carboxylic acids is 1. The molecule has 2 atom stereocenters. The Morgan fingerprint density at radius 1 is 1.64 bits per heavy atom. The Morgan fingerprint density at radius 2 is 2.45 bits per heavy atom. The zero-order chi connectivity index (χ0) is 7.84. The maximum Gasteiger partial charge on any atom is 0.322 e. The third-order valence-corrected chi connectivity index (χ3v) is 1.69. The monoisotopic (exact) mass is 156 g/mol. The molecular weight excluding hydrogens is 148 g/mol. The van der Waals surface area contributed by atoms with Gasteiger partial charge in [0.2, 0.25) is 0 Å². The van der Waals surface area contributed by atoms with Crippen LogP contribution in [0.3, 0.4) is 0 Å². The quantitative estimate of drug-likeness (QED) is 0.325. The maximum atomic E-state index is 10.7. The summed E-state index contributed by atoms with van der Waals surface area (Å²) in [7, 11) is 0. The number of hydrogen-bond donors (Lipinski definition) is 4. The summed E-state index contributed by atoms with van der Waals surface area (Å²) in [6.07, 6.45) is -0.870. The Morgan fingerprint density at radius 3 is 3.27 bits per heavy atom. The largest absolute Gasteiger partial charge is 0.371 e. The molecule has 11 heavy (non-hydrogen) atoms. The molecule has 1 saturated heterocycles. The first-order valence-electron chi connectivity index (χ1n) is 3.31. The number of rotatable bonds is 0. The minimum absolute atomic E-state index is 0.271. The van der Waals surface area contributed by atoms with Crippen LogP contribution in [0.2, 0.25) is 0 Å². The van der Waals surface area contributed by atoms with Crippen molar-refractivity contribution in [2.45, 2.75) is 12.3 Å². The molecule has 2 aliphatic heterocycles. The van der Waals surface area contributed by atoms with E-state index < -0.39 is 12.3 Å². The van der Waals surface area contributed by atoms with E-state index in [1.807, 2.05) is 0 Å². The number of aliphatic hydroxyl groups is 1. The van der Waals surface area contributed by atoms with Crippen molar-refractivity contribution in [1.82, 2.24) is 16.0 Å². The van der Waals surface area contributed by atoms with Gasteiger partial charge in [-0.15, -0.1) is 0 Å². The fourth-order valence-corrected chi connectivity index (χ4v) is 1.17. The van der Waals surface area contributed by atoms with E-state index in [2.05, 4.69) is 20.9 Å². The van der Waals surface area contributed by atoms with Crippen molar-refractivity contribution < 1.29 is 9.90 Å². The predicted molar refractivity (Wildman–Crippen MR) is 36.9 cm³/mol. The topological polar surface area (TPSA) is 85.8 Å². The lowest BCUT2D eigenvalue weighted by Crippen LogP contribution is -2.63. The summed E-state index contributed by atoms with van der Waals surface area (Å²) in [4.78, 5) is 14.7. The van der Waals surface area contributed by atoms with Gasteiger partial charge in [0, 0.05) is 0 Å². The first-order chi connectivity index (χ1) is 5.27. The van der Waals surface area contributed by atoms with Gasteiger partial charge in [-0.25, -0.2) is 4.79 Å². The van der Waals surface area contributed by atoms with Crippen molar-refractivity contribution in [3.05, 3.63) is 0 Å². The smallest absolute Gasteiger partial charge is 0.322 e. The molecule has 2 amide bonds. The molecule has 2 aliphatic rings. The number of fused-ring (bicyclic) bond motifs is 1. The molecule has 2 heterocycles. The number of aliphatic hydroxyl groups excluding tert-OH is 1. The minimum Gasteiger partial charge on any atom is -0.371 e. The Labute approximate surface area is 62.7 Å². The standard InChI is InChI=1S/C5H8N4O2/c10-4-2-3(7-1-6-2)8-5(11)9-4/h2,4,6,10H,1H2,(H2,7,8,9,11). The van der Waals surface area contributed by atoms with Gasteiger partial charge in [-0.3, -0.25) is 15.6 Å². The van der Waals surface area contributed by atoms with Crippen LogP contribution < -0.4 is 16.0 Å². The summed E-state index contributed by atoms with van der Waals surface area (Å²) < 4.78 is 0. The molecule has 2 rings (SSSR count). The van der Waals surface area contributed by atoms with Crippen LogP contribution in [0.4, 0.5) is 4.79 Å². The van der Waals surface area contributed by atoms with Crippen LogP contribution in [0.1, 0.15) is 0 Å². The summed E-state index contributed by atoms with van der Waals surface area (Å²) in [6, 6.07) is -0.677. The number of amidine groups is 1. The van der Waals surface area contributed by atoms with Gasteiger partial charge in [-0.1, -0.05) is 0 Å². The molecule has 0 aliphatic carbocycles. The summed E-state index contributed by atoms with van der Waals surface area (Å²) in [5, 5.41) is 16.9. The normalized spacial score (nSPS) is 35.4. The molecule has 0 bridgehead atoms. The molecule has 0 aromatic heterocycles. The molecule has 6 heteroatoms. The van der Waals surface area contributed by atoms with E-state index in [0.717, 1.165) is 0 Å². The van der Waals surface area contributed by atoms with Gasteiger partial charge in [-0.2, -0.15) is 0 Å². The molecule has 0 radical (unpaired) electrons. The highest BCUT2D eigenvalue weighted by atomic mass is 16.3. The zero-order valence-corrected chi connectivity index (χ0v) is 5.66. The molecule has 60 valence electrons. The van der Waals surface area contributed by atoms with Crippen LogP contribution >= 0.6 is 0 Å². The molecule has 0 spiro atoms. The van der Waals surface area contributed by atoms with Crippen molar-refractivity contribution in [3.63, 3.8) is 0 Å². The third kappa shape index (κ3) is 0.958. The molecule has 0 aromatic rings. The second-order valence-corrected chi connectivity index (χ2v) is 2.43. The highest BCUT2D eigenvalue weighted by Crippen LogP contribution is 2.02. The second-order valence-electron chi connectivity index (χ2n) is 2.43. The summed E-state index contributed by atoms with van der Waals surface area (Å²) in [5.74, 6) is 0.515. The van der Waals surface area contributed by atoms with Crippen molar-refractivity contribution >= 4 is 11.9 Å². The highest BCUT2D eigenvalue weighted by Gasteiger charge is 2.34. The lowest BCUT2D eigenvalue weighted by Gasteiger charge is -2.26. The number of amides is 2. The van der Waals surface area contributed by atoms with E-state index in [1.165, 1.54) is 0 Å². The molecule has 0 saturated carbocycles. The number of hydrogen-bond acceptors (Lipinski definition) is 4. The average Bonchev–Trinajstić information content (AvgIpc) is 2.34. The highest BCUT2D eigenvalue weighted by molar-refractivity contribution is 6.03. The van der Waals surface area contributed by atoms with Gasteiger partial charge in [0.05, 0.1) is 6.67 Å². The molecule has 4 N–H and O–H groups in total. The van der Waals surface area contributed by atoms with Crippen molar-refractivity contribution in [2.24, 2.45) is 4.99 Å². The van der Waals surface area contributed by atoms with Crippen molar-refractivity contribution in [1.29, 1.82) is 0 Å². The van der Waals surface area contributed by atoms with E-state index in [4.69, 9.17) is 0 Å². The lowest BCUT2D eigenvalue weighted by atomic mass is 10.2. The van der Waals surface area contributed by atoms with Gasteiger partial charge in [0.15, 0.2) is 6.23 Å². The van der Waals surface area contributed by atoms with Gasteiger partial charge < -0.3 is 10.4 Å². The van der Waals surface area contributed by atoms with Crippen molar-refractivity contribution in [2.75, 3.05) is 6.67 Å². The van der Waals surface area contributed by atoms with Crippen LogP contribution in [-0.4, -0.2) is 35.9 Å². The average molecular weight is 156 g/mol. The van der Waals surface area contributed by atoms with Gasteiger partial charge in [0.25, 0.3) is 0 Å². The van der Waals surface area contributed by atoms with Crippen molar-refractivity contribution in [3.8, 4) is 0 Å². The predicted octanol–water partition coefficient (Wildman–Crippen LogP) is -2.05. The van der Waals surface area contributed by atoms with Crippen LogP contribution in [-0.2, 0) is 0 Å². The Bertz CT molecular complexity index is 227. The Kier molecular flexibility index (Phi) is 1.30. The van der Waals surface area contributed by atoms with E-state index in [9.17, 15) is 9.90 Å². The van der Waals surface area contributed by atoms with Gasteiger partial charge in [0.1, 0.15) is 11.9 Å². The molecule has 2 unspecified atom stereocenters. The third-order valence-electron chi connectivity index (χ3n) is 1.69. The Hall–Kier alpha value is -1.14. The summed E-state index contributed by atoms with van der Waals surface area (Å²) in [5.41, 5.74) is 0. The first kappa shape index (κ1) is 6.56. The van der Waals surface area contributed by atoms with E-state index in [-0.39, 0.29) is 6.04 Å². The van der Waals surface area contributed by atoms with E-state index >= 15 is 0 Å². The Balaban J connectivity index is 2.20. The van der Waals surface area contributed by atoms with E-state index in [1.54, 1.807) is 0 Å². The van der Waals surface area contributed by atoms with Crippen LogP contribution in [0.25, 0.3) is 0 Å². The fraction of sp³-hybridized carbons (Fsp3) is 0.600. The zero-order valence-electron chi connectivity index (χ0n) is 5.66. The maximum absolute atomic E-state index is 10.7. The number of aliphatic imine (C=N–C) groups is 1. The minimum atomic E-state index is -0.870. The number of carbonyl (C=O) groups is 1. The van der Waals surface area contributed by atoms with Crippen LogP contribution in [0.5, 0.6) is 0 Å². The summed E-state index contributed by atoms with van der Waals surface area (Å²) >= 11 is 0. The lowest BCUT2D eigenvalue weighted by molar-refractivity contribution is 0.119.